The van der Waals surface area contributed by atoms with Crippen LogP contribution in [0, 0.1) is 5.92 Å². The minimum atomic E-state index is -0.0573. The van der Waals surface area contributed by atoms with Gasteiger partial charge in [-0.3, -0.25) is 4.79 Å². The van der Waals surface area contributed by atoms with Gasteiger partial charge >= 0.3 is 0 Å². The number of rotatable bonds is 4. The summed E-state index contributed by atoms with van der Waals surface area (Å²) in [6, 6.07) is 5.46. The number of amides is 1. The highest BCUT2D eigenvalue weighted by molar-refractivity contribution is 7.22. The molecule has 1 unspecified atom stereocenters. The van der Waals surface area contributed by atoms with Gasteiger partial charge in [0.2, 0.25) is 5.91 Å². The van der Waals surface area contributed by atoms with E-state index in [1.807, 2.05) is 19.1 Å². The van der Waals surface area contributed by atoms with E-state index < -0.39 is 0 Å². The van der Waals surface area contributed by atoms with Crippen molar-refractivity contribution in [2.75, 3.05) is 11.9 Å². The molecule has 0 fully saturated rings. The lowest BCUT2D eigenvalue weighted by Crippen LogP contribution is -2.19. The Kier molecular flexibility index (Phi) is 4.16. The van der Waals surface area contributed by atoms with Crippen molar-refractivity contribution in [3.63, 3.8) is 0 Å². The summed E-state index contributed by atoms with van der Waals surface area (Å²) >= 11 is 7.31. The molecule has 0 spiro atoms. The van der Waals surface area contributed by atoms with Gasteiger partial charge in [0.15, 0.2) is 5.13 Å². The van der Waals surface area contributed by atoms with Crippen molar-refractivity contribution < 1.29 is 4.79 Å². The molecule has 0 saturated carbocycles. The number of hydrogen-bond acceptors (Lipinski definition) is 4. The second kappa shape index (κ2) is 5.65. The van der Waals surface area contributed by atoms with Crippen LogP contribution in [0.4, 0.5) is 5.13 Å². The van der Waals surface area contributed by atoms with Crippen molar-refractivity contribution in [3.8, 4) is 0 Å². The second-order valence-corrected chi connectivity index (χ2v) is 5.69. The zero-order valence-electron chi connectivity index (χ0n) is 9.94. The fourth-order valence-electron chi connectivity index (χ4n) is 1.52. The van der Waals surface area contributed by atoms with Crippen molar-refractivity contribution in [1.29, 1.82) is 0 Å². The highest BCUT2D eigenvalue weighted by Crippen LogP contribution is 2.28. The van der Waals surface area contributed by atoms with Gasteiger partial charge in [-0.1, -0.05) is 29.9 Å². The number of benzene rings is 1. The van der Waals surface area contributed by atoms with E-state index >= 15 is 0 Å². The van der Waals surface area contributed by atoms with Crippen molar-refractivity contribution in [3.05, 3.63) is 23.2 Å². The number of nitrogens with two attached hydrogens (primary N) is 1. The summed E-state index contributed by atoms with van der Waals surface area (Å²) in [5.74, 6) is 0.118. The molecule has 0 bridgehead atoms. The average molecular weight is 284 g/mol. The first-order valence-corrected chi connectivity index (χ1v) is 6.84. The van der Waals surface area contributed by atoms with Crippen LogP contribution in [0.15, 0.2) is 18.2 Å². The maximum atomic E-state index is 11.7. The number of aromatic nitrogens is 1. The number of fused-ring (bicyclic) bond motifs is 1. The van der Waals surface area contributed by atoms with Gasteiger partial charge < -0.3 is 11.1 Å². The smallest absolute Gasteiger partial charge is 0.226 e. The topological polar surface area (TPSA) is 68.0 Å². The maximum Gasteiger partial charge on any atom is 0.226 e. The normalized spacial score (nSPS) is 12.6. The molecule has 2 rings (SSSR count). The first kappa shape index (κ1) is 13.3. The van der Waals surface area contributed by atoms with Crippen LogP contribution >= 0.6 is 22.9 Å². The Balaban J connectivity index is 2.10. The molecular weight excluding hydrogens is 270 g/mol. The lowest BCUT2D eigenvalue weighted by atomic mass is 10.1. The van der Waals surface area contributed by atoms with Crippen molar-refractivity contribution in [2.24, 2.45) is 11.7 Å². The molecule has 1 aromatic carbocycles. The van der Waals surface area contributed by atoms with Gasteiger partial charge in [0, 0.05) is 11.4 Å². The van der Waals surface area contributed by atoms with Crippen LogP contribution in [-0.4, -0.2) is 17.4 Å². The number of nitrogens with zero attached hydrogens (tertiary/aromatic N) is 1. The van der Waals surface area contributed by atoms with Crippen LogP contribution in [0.3, 0.4) is 0 Å². The minimum Gasteiger partial charge on any atom is -0.330 e. The molecule has 3 N–H and O–H groups in total. The molecule has 6 heteroatoms. The van der Waals surface area contributed by atoms with Crippen LogP contribution in [0.1, 0.15) is 13.3 Å². The number of anilines is 1. The first-order valence-electron chi connectivity index (χ1n) is 5.64. The van der Waals surface area contributed by atoms with E-state index in [4.69, 9.17) is 17.3 Å². The number of carbonyl (C=O) groups is 1. The summed E-state index contributed by atoms with van der Waals surface area (Å²) in [5.41, 5.74) is 6.32. The SMILES string of the molecule is CC(CN)CC(=O)Nc1nc2ccc(Cl)cc2s1. The number of hydrogen-bond donors (Lipinski definition) is 2. The first-order chi connectivity index (χ1) is 8.58. The maximum absolute atomic E-state index is 11.7. The third-order valence-corrected chi connectivity index (χ3v) is 3.70. The zero-order chi connectivity index (χ0) is 13.1. The lowest BCUT2D eigenvalue weighted by molar-refractivity contribution is -0.116. The van der Waals surface area contributed by atoms with Gasteiger partial charge in [-0.05, 0) is 30.7 Å². The number of halogens is 1. The third kappa shape index (κ3) is 3.19. The Morgan fingerprint density at radius 2 is 2.39 bits per heavy atom. The molecule has 96 valence electrons. The molecule has 1 amide bonds. The molecule has 0 radical (unpaired) electrons. The van der Waals surface area contributed by atoms with E-state index in [1.165, 1.54) is 11.3 Å². The van der Waals surface area contributed by atoms with Gasteiger partial charge in [-0.15, -0.1) is 0 Å². The molecule has 1 atom stereocenters. The highest BCUT2D eigenvalue weighted by Gasteiger charge is 2.10. The fraction of sp³-hybridized carbons (Fsp3) is 0.333. The Morgan fingerprint density at radius 1 is 1.61 bits per heavy atom. The standard InChI is InChI=1S/C12H14ClN3OS/c1-7(6-14)4-11(17)16-12-15-9-3-2-8(13)5-10(9)18-12/h2-3,5,7H,4,6,14H2,1H3,(H,15,16,17). The van der Waals surface area contributed by atoms with Crippen LogP contribution in [0.2, 0.25) is 5.02 Å². The highest BCUT2D eigenvalue weighted by atomic mass is 35.5. The Bertz CT molecular complexity index is 569. The Labute approximate surface area is 114 Å². The molecule has 4 nitrogen and oxygen atoms in total. The van der Waals surface area contributed by atoms with Gasteiger partial charge in [0.1, 0.15) is 0 Å². The Hall–Kier alpha value is -1.17. The summed E-state index contributed by atoms with van der Waals surface area (Å²) < 4.78 is 0.963. The molecule has 18 heavy (non-hydrogen) atoms. The number of thiazole rings is 1. The number of carbonyl (C=O) groups excluding carboxylic acids is 1. The molecule has 0 saturated heterocycles. The van der Waals surface area contributed by atoms with Gasteiger partial charge in [-0.25, -0.2) is 4.98 Å². The van der Waals surface area contributed by atoms with E-state index in [1.54, 1.807) is 6.07 Å². The molecular formula is C12H14ClN3OS. The van der Waals surface area contributed by atoms with Gasteiger partial charge in [-0.2, -0.15) is 0 Å². The molecule has 1 heterocycles. The van der Waals surface area contributed by atoms with Gasteiger partial charge in [0.25, 0.3) is 0 Å². The molecule has 0 aliphatic rings. The van der Waals surface area contributed by atoms with Crippen LogP contribution < -0.4 is 11.1 Å². The van der Waals surface area contributed by atoms with E-state index in [0.29, 0.717) is 23.1 Å². The zero-order valence-corrected chi connectivity index (χ0v) is 11.5. The summed E-state index contributed by atoms with van der Waals surface area (Å²) in [6.45, 7) is 2.45. The fourth-order valence-corrected chi connectivity index (χ4v) is 2.68. The summed E-state index contributed by atoms with van der Waals surface area (Å²) in [7, 11) is 0. The van der Waals surface area contributed by atoms with Crippen LogP contribution in [-0.2, 0) is 4.79 Å². The van der Waals surface area contributed by atoms with Crippen molar-refractivity contribution in [1.82, 2.24) is 4.98 Å². The lowest BCUT2D eigenvalue weighted by Gasteiger charge is -2.06. The van der Waals surface area contributed by atoms with Crippen LogP contribution in [0.25, 0.3) is 10.2 Å². The van der Waals surface area contributed by atoms with Gasteiger partial charge in [0.05, 0.1) is 10.2 Å². The monoisotopic (exact) mass is 283 g/mol. The molecule has 1 aromatic heterocycles. The predicted octanol–water partition coefficient (Wildman–Crippen LogP) is 2.87. The molecule has 0 aliphatic heterocycles. The quantitative estimate of drug-likeness (QED) is 0.906. The molecule has 0 aliphatic carbocycles. The summed E-state index contributed by atoms with van der Waals surface area (Å²) in [6.07, 6.45) is 0.410. The summed E-state index contributed by atoms with van der Waals surface area (Å²) in [5, 5.41) is 4.05. The third-order valence-electron chi connectivity index (χ3n) is 2.53. The van der Waals surface area contributed by atoms with Crippen LogP contribution in [0.5, 0.6) is 0 Å². The predicted molar refractivity (Wildman–Crippen MR) is 76.1 cm³/mol. The van der Waals surface area contributed by atoms with E-state index in [9.17, 15) is 4.79 Å². The average Bonchev–Trinajstić information content (AvgIpc) is 2.69. The van der Waals surface area contributed by atoms with E-state index in [2.05, 4.69) is 10.3 Å². The van der Waals surface area contributed by atoms with Crippen molar-refractivity contribution in [2.45, 2.75) is 13.3 Å². The Morgan fingerprint density at radius 3 is 3.11 bits per heavy atom. The molecule has 2 aromatic rings. The van der Waals surface area contributed by atoms with Crippen molar-refractivity contribution >= 4 is 44.2 Å². The van der Waals surface area contributed by atoms with E-state index in [0.717, 1.165) is 10.2 Å². The summed E-state index contributed by atoms with van der Waals surface area (Å²) in [4.78, 5) is 16.0. The van der Waals surface area contributed by atoms with E-state index in [-0.39, 0.29) is 11.8 Å². The number of nitrogens with one attached hydrogen (secondary N) is 1. The minimum absolute atomic E-state index is 0.0573. The largest absolute Gasteiger partial charge is 0.330 e. The second-order valence-electron chi connectivity index (χ2n) is 4.22.